The Morgan fingerprint density at radius 2 is 2.08 bits per heavy atom. The highest BCUT2D eigenvalue weighted by Crippen LogP contribution is 2.23. The minimum absolute atomic E-state index is 0.0899. The Morgan fingerprint density at radius 3 is 2.42 bits per heavy atom. The Labute approximate surface area is 74.8 Å². The van der Waals surface area contributed by atoms with Crippen LogP contribution in [0.1, 0.15) is 13.8 Å². The molecule has 0 bridgehead atoms. The van der Waals surface area contributed by atoms with Crippen molar-refractivity contribution in [2.24, 2.45) is 0 Å². The number of ether oxygens (including phenoxy) is 1. The number of amides is 1. The van der Waals surface area contributed by atoms with Crippen molar-refractivity contribution in [2.75, 3.05) is 13.2 Å². The highest BCUT2D eigenvalue weighted by molar-refractivity contribution is 6.77. The van der Waals surface area contributed by atoms with Gasteiger partial charge in [0.15, 0.2) is 8.24 Å². The van der Waals surface area contributed by atoms with Crippen LogP contribution in [-0.4, -0.2) is 32.0 Å². The lowest BCUT2D eigenvalue weighted by Crippen LogP contribution is -2.50. The molecule has 0 aromatic heterocycles. The number of carbonyl (C=O) groups excluding carboxylic acids is 1. The third-order valence-corrected chi connectivity index (χ3v) is 7.69. The van der Waals surface area contributed by atoms with E-state index in [0.29, 0.717) is 6.61 Å². The third-order valence-electron chi connectivity index (χ3n) is 2.94. The predicted octanol–water partition coefficient (Wildman–Crippen LogP) is 2.05. The van der Waals surface area contributed by atoms with Crippen LogP contribution in [0.25, 0.3) is 0 Å². The molecule has 70 valence electrons. The van der Waals surface area contributed by atoms with Crippen LogP contribution < -0.4 is 0 Å². The first-order valence-electron chi connectivity index (χ1n) is 4.58. The number of hydrogen-bond acceptors (Lipinski definition) is 2. The molecule has 1 amide bonds. The van der Waals surface area contributed by atoms with E-state index in [1.165, 1.54) is 0 Å². The van der Waals surface area contributed by atoms with E-state index in [2.05, 4.69) is 20.4 Å². The van der Waals surface area contributed by atoms with Crippen molar-refractivity contribution in [3.8, 4) is 0 Å². The van der Waals surface area contributed by atoms with Crippen LogP contribution >= 0.6 is 0 Å². The van der Waals surface area contributed by atoms with Gasteiger partial charge in [0.25, 0.3) is 0 Å². The molecule has 0 saturated carbocycles. The predicted molar refractivity (Wildman–Crippen MR) is 50.6 cm³/mol. The summed E-state index contributed by atoms with van der Waals surface area (Å²) in [5, 5.41) is 0. The fourth-order valence-corrected chi connectivity index (χ4v) is 3.92. The van der Waals surface area contributed by atoms with Crippen LogP contribution in [0, 0.1) is 0 Å². The van der Waals surface area contributed by atoms with E-state index >= 15 is 0 Å². The number of hydrogen-bond donors (Lipinski definition) is 0. The second-order valence-corrected chi connectivity index (χ2v) is 8.42. The molecule has 1 saturated heterocycles. The maximum absolute atomic E-state index is 11.3. The van der Waals surface area contributed by atoms with Gasteiger partial charge in [-0.05, 0) is 12.1 Å². The van der Waals surface area contributed by atoms with Gasteiger partial charge in [-0.15, -0.1) is 0 Å². The molecule has 1 rings (SSSR count). The third kappa shape index (κ3) is 1.48. The van der Waals surface area contributed by atoms with Crippen molar-refractivity contribution in [1.29, 1.82) is 0 Å². The lowest BCUT2D eigenvalue weighted by molar-refractivity contribution is 0.168. The summed E-state index contributed by atoms with van der Waals surface area (Å²) in [7, 11) is -1.47. The molecule has 0 atom stereocenters. The number of cyclic esters (lactones) is 1. The zero-order valence-corrected chi connectivity index (χ0v) is 9.09. The number of carbonyl (C=O) groups is 1. The summed E-state index contributed by atoms with van der Waals surface area (Å²) < 4.78 is 6.92. The van der Waals surface area contributed by atoms with Gasteiger partial charge >= 0.3 is 6.09 Å². The first-order valence-corrected chi connectivity index (χ1v) is 7.44. The van der Waals surface area contributed by atoms with Crippen molar-refractivity contribution >= 4 is 14.3 Å². The quantitative estimate of drug-likeness (QED) is 0.633. The van der Waals surface area contributed by atoms with Gasteiger partial charge in [-0.2, -0.15) is 0 Å². The lowest BCUT2D eigenvalue weighted by Gasteiger charge is -2.32. The van der Waals surface area contributed by atoms with Crippen molar-refractivity contribution < 1.29 is 9.53 Å². The zero-order valence-electron chi connectivity index (χ0n) is 8.09. The average molecular weight is 187 g/mol. The van der Waals surface area contributed by atoms with Crippen LogP contribution in [0.15, 0.2) is 0 Å². The van der Waals surface area contributed by atoms with E-state index in [1.54, 1.807) is 0 Å². The van der Waals surface area contributed by atoms with E-state index in [9.17, 15) is 4.79 Å². The summed E-state index contributed by atoms with van der Waals surface area (Å²) in [6.07, 6.45) is -0.0899. The molecule has 1 aliphatic rings. The maximum Gasteiger partial charge on any atom is 0.401 e. The van der Waals surface area contributed by atoms with Gasteiger partial charge < -0.3 is 9.30 Å². The normalized spacial score (nSPS) is 18.2. The molecule has 1 fully saturated rings. The van der Waals surface area contributed by atoms with Crippen LogP contribution in [0.3, 0.4) is 0 Å². The number of rotatable bonds is 3. The van der Waals surface area contributed by atoms with Gasteiger partial charge in [-0.25, -0.2) is 4.79 Å². The molecule has 0 aliphatic carbocycles. The van der Waals surface area contributed by atoms with Crippen LogP contribution in [-0.2, 0) is 4.74 Å². The standard InChI is InChI=1S/C8H17NO2Si/c1-4-12(3,5-2)9-6-7-11-8(9)10/h4-7H2,1-3H3. The lowest BCUT2D eigenvalue weighted by atomic mass is 10.7. The Balaban J connectivity index is 2.71. The first-order chi connectivity index (χ1) is 5.64. The fraction of sp³-hybridized carbons (Fsp3) is 0.875. The Morgan fingerprint density at radius 1 is 1.50 bits per heavy atom. The SMILES string of the molecule is CC[Si](C)(CC)N1CCOC1=O. The molecule has 1 heterocycles. The molecule has 12 heavy (non-hydrogen) atoms. The summed E-state index contributed by atoms with van der Waals surface area (Å²) in [6.45, 7) is 7.98. The van der Waals surface area contributed by atoms with Gasteiger partial charge in [-0.3, -0.25) is 0 Å². The number of nitrogens with zero attached hydrogens (tertiary/aromatic N) is 1. The molecule has 0 radical (unpaired) electrons. The molecular weight excluding hydrogens is 170 g/mol. The summed E-state index contributed by atoms with van der Waals surface area (Å²) in [6, 6.07) is 2.25. The first kappa shape index (κ1) is 9.57. The maximum atomic E-state index is 11.3. The highest BCUT2D eigenvalue weighted by Gasteiger charge is 2.38. The minimum atomic E-state index is -1.47. The van der Waals surface area contributed by atoms with Crippen molar-refractivity contribution in [2.45, 2.75) is 32.5 Å². The van der Waals surface area contributed by atoms with Crippen LogP contribution in [0.4, 0.5) is 4.79 Å². The van der Waals surface area contributed by atoms with Gasteiger partial charge in [0, 0.05) is 6.54 Å². The van der Waals surface area contributed by atoms with E-state index < -0.39 is 8.24 Å². The average Bonchev–Trinajstić information content (AvgIpc) is 2.51. The minimum Gasteiger partial charge on any atom is -0.448 e. The van der Waals surface area contributed by atoms with Crippen LogP contribution in [0.5, 0.6) is 0 Å². The highest BCUT2D eigenvalue weighted by atomic mass is 28.3. The molecule has 0 N–H and O–H groups in total. The molecule has 0 aromatic rings. The van der Waals surface area contributed by atoms with E-state index in [-0.39, 0.29) is 6.09 Å². The Hall–Kier alpha value is -0.513. The molecule has 0 unspecified atom stereocenters. The summed E-state index contributed by atoms with van der Waals surface area (Å²) in [5.74, 6) is 0. The van der Waals surface area contributed by atoms with Gasteiger partial charge in [0.2, 0.25) is 0 Å². The topological polar surface area (TPSA) is 29.5 Å². The van der Waals surface area contributed by atoms with Gasteiger partial charge in [0.1, 0.15) is 6.61 Å². The van der Waals surface area contributed by atoms with Gasteiger partial charge in [-0.1, -0.05) is 20.4 Å². The van der Waals surface area contributed by atoms with Crippen molar-refractivity contribution in [3.05, 3.63) is 0 Å². The molecular formula is C8H17NO2Si. The monoisotopic (exact) mass is 187 g/mol. The summed E-state index contributed by atoms with van der Waals surface area (Å²) in [5.41, 5.74) is 0. The Kier molecular flexibility index (Phi) is 2.77. The van der Waals surface area contributed by atoms with Crippen LogP contribution in [0.2, 0.25) is 18.6 Å². The molecule has 4 heteroatoms. The fourth-order valence-electron chi connectivity index (χ4n) is 1.52. The largest absolute Gasteiger partial charge is 0.448 e. The molecule has 0 spiro atoms. The Bertz CT molecular complexity index is 180. The second-order valence-electron chi connectivity index (χ2n) is 3.47. The van der Waals surface area contributed by atoms with Crippen molar-refractivity contribution in [3.63, 3.8) is 0 Å². The summed E-state index contributed by atoms with van der Waals surface area (Å²) >= 11 is 0. The van der Waals surface area contributed by atoms with Gasteiger partial charge in [0.05, 0.1) is 0 Å². The van der Waals surface area contributed by atoms with E-state index in [0.717, 1.165) is 18.6 Å². The van der Waals surface area contributed by atoms with E-state index in [1.807, 2.05) is 4.57 Å². The zero-order chi connectivity index (χ0) is 9.19. The molecule has 1 aliphatic heterocycles. The summed E-state index contributed by atoms with van der Waals surface area (Å²) in [4.78, 5) is 11.3. The van der Waals surface area contributed by atoms with E-state index in [4.69, 9.17) is 4.74 Å². The molecule has 3 nitrogen and oxygen atoms in total. The smallest absolute Gasteiger partial charge is 0.401 e. The molecule has 0 aromatic carbocycles. The van der Waals surface area contributed by atoms with Crippen molar-refractivity contribution in [1.82, 2.24) is 4.57 Å². The second kappa shape index (κ2) is 3.47.